The fourth-order valence-electron chi connectivity index (χ4n) is 2.70. The summed E-state index contributed by atoms with van der Waals surface area (Å²) < 4.78 is 37.0. The maximum atomic E-state index is 13.5. The van der Waals surface area contributed by atoms with Gasteiger partial charge in [-0.2, -0.15) is 0 Å². The van der Waals surface area contributed by atoms with Gasteiger partial charge in [-0.25, -0.2) is 8.78 Å². The first-order chi connectivity index (χ1) is 12.6. The van der Waals surface area contributed by atoms with Crippen molar-refractivity contribution in [1.82, 2.24) is 15.5 Å². The van der Waals surface area contributed by atoms with Gasteiger partial charge in [0.15, 0.2) is 17.5 Å². The van der Waals surface area contributed by atoms with E-state index in [0.717, 1.165) is 45.5 Å². The van der Waals surface area contributed by atoms with Crippen LogP contribution in [0.3, 0.4) is 0 Å². The van der Waals surface area contributed by atoms with Crippen LogP contribution in [0.15, 0.2) is 23.2 Å². The smallest absolute Gasteiger partial charge is 0.191 e. The molecule has 0 saturated carbocycles. The van der Waals surface area contributed by atoms with E-state index in [1.807, 2.05) is 0 Å². The first kappa shape index (κ1) is 20.4. The van der Waals surface area contributed by atoms with Crippen LogP contribution in [0, 0.1) is 17.6 Å². The Balaban J connectivity index is 1.62. The van der Waals surface area contributed by atoms with E-state index >= 15 is 0 Å². The van der Waals surface area contributed by atoms with E-state index in [4.69, 9.17) is 9.47 Å². The van der Waals surface area contributed by atoms with Gasteiger partial charge in [0, 0.05) is 39.3 Å². The van der Waals surface area contributed by atoms with Crippen molar-refractivity contribution in [2.45, 2.75) is 6.92 Å². The average Bonchev–Trinajstić information content (AvgIpc) is 2.63. The molecule has 0 spiro atoms. The molecule has 1 aromatic rings. The Labute approximate surface area is 153 Å². The fraction of sp³-hybridized carbons (Fsp3) is 0.611. The highest BCUT2D eigenvalue weighted by molar-refractivity contribution is 5.79. The van der Waals surface area contributed by atoms with E-state index in [1.54, 1.807) is 7.05 Å². The van der Waals surface area contributed by atoms with E-state index in [0.29, 0.717) is 18.4 Å². The third-order valence-electron chi connectivity index (χ3n) is 4.06. The minimum Gasteiger partial charge on any atom is -0.489 e. The zero-order valence-electron chi connectivity index (χ0n) is 15.4. The first-order valence-corrected chi connectivity index (χ1v) is 8.91. The molecular formula is C18H28F2N4O2. The van der Waals surface area contributed by atoms with Gasteiger partial charge in [0.2, 0.25) is 0 Å². The summed E-state index contributed by atoms with van der Waals surface area (Å²) in [5.74, 6) is -0.151. The lowest BCUT2D eigenvalue weighted by atomic mass is 10.1. The molecule has 0 aromatic heterocycles. The van der Waals surface area contributed by atoms with Gasteiger partial charge in [0.1, 0.15) is 12.4 Å². The summed E-state index contributed by atoms with van der Waals surface area (Å²) in [6.07, 6.45) is 0. The number of ether oxygens (including phenoxy) is 2. The van der Waals surface area contributed by atoms with Crippen molar-refractivity contribution in [2.75, 3.05) is 59.6 Å². The topological polar surface area (TPSA) is 58.1 Å². The summed E-state index contributed by atoms with van der Waals surface area (Å²) in [6, 6.07) is 3.26. The Morgan fingerprint density at radius 1 is 1.31 bits per heavy atom. The van der Waals surface area contributed by atoms with Crippen molar-refractivity contribution in [3.05, 3.63) is 29.8 Å². The summed E-state index contributed by atoms with van der Waals surface area (Å²) in [6.45, 7) is 8.26. The zero-order chi connectivity index (χ0) is 18.8. The lowest BCUT2D eigenvalue weighted by molar-refractivity contribution is 0.0320. The highest BCUT2D eigenvalue weighted by atomic mass is 19.1. The summed E-state index contributed by atoms with van der Waals surface area (Å²) in [7, 11) is 1.70. The third kappa shape index (κ3) is 7.13. The Morgan fingerprint density at radius 2 is 2.08 bits per heavy atom. The number of morpholine rings is 1. The lowest BCUT2D eigenvalue weighted by Crippen LogP contribution is -2.44. The summed E-state index contributed by atoms with van der Waals surface area (Å²) in [4.78, 5) is 6.56. The molecule has 2 rings (SSSR count). The Bertz CT molecular complexity index is 580. The van der Waals surface area contributed by atoms with Gasteiger partial charge in [-0.3, -0.25) is 9.89 Å². The number of halogens is 2. The van der Waals surface area contributed by atoms with Crippen molar-refractivity contribution in [3.63, 3.8) is 0 Å². The van der Waals surface area contributed by atoms with Crippen LogP contribution in [0.25, 0.3) is 0 Å². The fourth-order valence-corrected chi connectivity index (χ4v) is 2.70. The molecule has 146 valence electrons. The minimum atomic E-state index is -0.704. The van der Waals surface area contributed by atoms with Gasteiger partial charge >= 0.3 is 0 Å². The summed E-state index contributed by atoms with van der Waals surface area (Å²) in [5, 5.41) is 6.39. The number of aliphatic imine (C=N–C) groups is 1. The van der Waals surface area contributed by atoms with Crippen molar-refractivity contribution in [1.29, 1.82) is 0 Å². The number of benzene rings is 1. The van der Waals surface area contributed by atoms with Gasteiger partial charge in [-0.1, -0.05) is 6.92 Å². The van der Waals surface area contributed by atoms with Crippen LogP contribution in [-0.2, 0) is 4.74 Å². The Morgan fingerprint density at radius 3 is 2.77 bits per heavy atom. The number of hydrogen-bond acceptors (Lipinski definition) is 4. The number of nitrogens with zero attached hydrogens (tertiary/aromatic N) is 2. The maximum Gasteiger partial charge on any atom is 0.191 e. The monoisotopic (exact) mass is 370 g/mol. The van der Waals surface area contributed by atoms with Crippen LogP contribution >= 0.6 is 0 Å². The highest BCUT2D eigenvalue weighted by Gasteiger charge is 2.14. The average molecular weight is 370 g/mol. The molecule has 0 bridgehead atoms. The number of guanidine groups is 1. The molecule has 0 aliphatic carbocycles. The van der Waals surface area contributed by atoms with E-state index in [2.05, 4.69) is 27.4 Å². The van der Waals surface area contributed by atoms with Crippen LogP contribution in [-0.4, -0.2) is 70.5 Å². The molecule has 1 unspecified atom stereocenters. The molecule has 1 aromatic carbocycles. The normalized spacial score (nSPS) is 17.0. The molecule has 2 N–H and O–H groups in total. The predicted octanol–water partition coefficient (Wildman–Crippen LogP) is 1.48. The van der Waals surface area contributed by atoms with Crippen molar-refractivity contribution < 1.29 is 18.3 Å². The highest BCUT2D eigenvalue weighted by Crippen LogP contribution is 2.17. The molecule has 1 aliphatic heterocycles. The maximum absolute atomic E-state index is 13.5. The van der Waals surface area contributed by atoms with E-state index < -0.39 is 11.6 Å². The van der Waals surface area contributed by atoms with Gasteiger partial charge in [0.25, 0.3) is 0 Å². The van der Waals surface area contributed by atoms with Crippen molar-refractivity contribution in [3.8, 4) is 5.75 Å². The largest absolute Gasteiger partial charge is 0.489 e. The summed E-state index contributed by atoms with van der Waals surface area (Å²) >= 11 is 0. The van der Waals surface area contributed by atoms with E-state index in [1.165, 1.54) is 12.1 Å². The van der Waals surface area contributed by atoms with Crippen molar-refractivity contribution in [2.24, 2.45) is 10.9 Å². The number of rotatable bonds is 8. The predicted molar refractivity (Wildman–Crippen MR) is 97.6 cm³/mol. The van der Waals surface area contributed by atoms with Crippen LogP contribution in [0.5, 0.6) is 5.75 Å². The van der Waals surface area contributed by atoms with Crippen LogP contribution < -0.4 is 15.4 Å². The Hall–Kier alpha value is -1.93. The van der Waals surface area contributed by atoms with Crippen molar-refractivity contribution >= 4 is 5.96 Å². The van der Waals surface area contributed by atoms with Gasteiger partial charge < -0.3 is 20.1 Å². The molecule has 0 radical (unpaired) electrons. The minimum absolute atomic E-state index is 0.0373. The first-order valence-electron chi connectivity index (χ1n) is 8.91. The Kier molecular flexibility index (Phi) is 8.57. The molecule has 1 aliphatic rings. The zero-order valence-corrected chi connectivity index (χ0v) is 15.4. The molecule has 1 saturated heterocycles. The molecule has 1 fully saturated rings. The van der Waals surface area contributed by atoms with Gasteiger partial charge in [-0.15, -0.1) is 0 Å². The van der Waals surface area contributed by atoms with Gasteiger partial charge in [0.05, 0.1) is 19.8 Å². The second-order valence-corrected chi connectivity index (χ2v) is 6.32. The molecule has 1 heterocycles. The second kappa shape index (κ2) is 10.9. The lowest BCUT2D eigenvalue weighted by Gasteiger charge is -2.29. The standard InChI is InChI=1S/C18H28F2N4O2/c1-14(13-24-6-9-25-10-7-24)12-23-18(21-2)22-5-8-26-17-4-3-15(19)11-16(17)20/h3-4,11,14H,5-10,12-13H2,1-2H3,(H2,21,22,23). The van der Waals surface area contributed by atoms with E-state index in [-0.39, 0.29) is 12.4 Å². The van der Waals surface area contributed by atoms with E-state index in [9.17, 15) is 8.78 Å². The van der Waals surface area contributed by atoms with Gasteiger partial charge in [-0.05, 0) is 18.1 Å². The van der Waals surface area contributed by atoms with Crippen LogP contribution in [0.4, 0.5) is 8.78 Å². The number of nitrogens with one attached hydrogen (secondary N) is 2. The van der Waals surface area contributed by atoms with Crippen LogP contribution in [0.2, 0.25) is 0 Å². The van der Waals surface area contributed by atoms with Crippen LogP contribution in [0.1, 0.15) is 6.92 Å². The molecule has 26 heavy (non-hydrogen) atoms. The molecule has 1 atom stereocenters. The molecule has 6 nitrogen and oxygen atoms in total. The quantitative estimate of drug-likeness (QED) is 0.412. The third-order valence-corrected chi connectivity index (χ3v) is 4.06. The molecular weight excluding hydrogens is 342 g/mol. The molecule has 8 heteroatoms. The second-order valence-electron chi connectivity index (χ2n) is 6.32. The summed E-state index contributed by atoms with van der Waals surface area (Å²) in [5.41, 5.74) is 0. The molecule has 0 amide bonds. The number of hydrogen-bond donors (Lipinski definition) is 2. The SMILES string of the molecule is CN=C(NCCOc1ccc(F)cc1F)NCC(C)CN1CCOCC1.